The van der Waals surface area contributed by atoms with E-state index in [2.05, 4.69) is 28.4 Å². The van der Waals surface area contributed by atoms with Gasteiger partial charge in [0.15, 0.2) is 0 Å². The van der Waals surface area contributed by atoms with Crippen LogP contribution >= 0.6 is 0 Å². The van der Waals surface area contributed by atoms with Gasteiger partial charge >= 0.3 is 0 Å². The van der Waals surface area contributed by atoms with Gasteiger partial charge in [-0.05, 0) is 18.2 Å². The standard InChI is InChI=1S/C10H13N2/c1-2-4-10(5-3-1)12-8-6-11-7-9-12/h2-5,11H,6-9H2. The van der Waals surface area contributed by atoms with Gasteiger partial charge in [-0.15, -0.1) is 0 Å². The predicted octanol–water partition coefficient (Wildman–Crippen LogP) is 0.896. The fourth-order valence-corrected chi connectivity index (χ4v) is 1.51. The van der Waals surface area contributed by atoms with Crippen molar-refractivity contribution in [3.63, 3.8) is 0 Å². The second kappa shape index (κ2) is 3.59. The summed E-state index contributed by atoms with van der Waals surface area (Å²) in [5.41, 5.74) is 1.32. The molecule has 2 rings (SSSR count). The summed E-state index contributed by atoms with van der Waals surface area (Å²) in [6.07, 6.45) is 0. The first-order valence-corrected chi connectivity index (χ1v) is 4.38. The Hall–Kier alpha value is -1.02. The number of rotatable bonds is 1. The Bertz CT molecular complexity index is 227. The zero-order valence-electron chi connectivity index (χ0n) is 7.09. The van der Waals surface area contributed by atoms with E-state index >= 15 is 0 Å². The van der Waals surface area contributed by atoms with Crippen molar-refractivity contribution in [2.24, 2.45) is 0 Å². The molecule has 1 aromatic carbocycles. The number of nitrogens with zero attached hydrogens (tertiary/aromatic N) is 1. The van der Waals surface area contributed by atoms with Crippen LogP contribution in [0, 0.1) is 6.07 Å². The van der Waals surface area contributed by atoms with Gasteiger partial charge in [-0.25, -0.2) is 0 Å². The first-order valence-electron chi connectivity index (χ1n) is 4.38. The number of benzene rings is 1. The number of piperazine rings is 1. The predicted molar refractivity (Wildman–Crippen MR) is 50.4 cm³/mol. The van der Waals surface area contributed by atoms with Crippen LogP contribution in [-0.2, 0) is 0 Å². The van der Waals surface area contributed by atoms with Gasteiger partial charge in [-0.3, -0.25) is 0 Å². The lowest BCUT2D eigenvalue weighted by Crippen LogP contribution is -2.43. The summed E-state index contributed by atoms with van der Waals surface area (Å²) in [4.78, 5) is 2.39. The van der Waals surface area contributed by atoms with E-state index in [4.69, 9.17) is 0 Å². The van der Waals surface area contributed by atoms with Crippen molar-refractivity contribution in [1.82, 2.24) is 5.32 Å². The topological polar surface area (TPSA) is 15.3 Å². The molecule has 0 atom stereocenters. The van der Waals surface area contributed by atoms with Crippen molar-refractivity contribution >= 4 is 5.69 Å². The van der Waals surface area contributed by atoms with E-state index in [9.17, 15) is 0 Å². The molecule has 1 saturated heterocycles. The molecule has 1 fully saturated rings. The van der Waals surface area contributed by atoms with Crippen molar-refractivity contribution in [3.05, 3.63) is 30.3 Å². The average molecular weight is 161 g/mol. The van der Waals surface area contributed by atoms with Crippen molar-refractivity contribution in [2.45, 2.75) is 0 Å². The summed E-state index contributed by atoms with van der Waals surface area (Å²) in [5, 5.41) is 3.33. The van der Waals surface area contributed by atoms with E-state index in [0.29, 0.717) is 0 Å². The van der Waals surface area contributed by atoms with Crippen LogP contribution in [0.3, 0.4) is 0 Å². The Morgan fingerprint density at radius 2 is 1.83 bits per heavy atom. The Balaban J connectivity index is 2.08. The van der Waals surface area contributed by atoms with Gasteiger partial charge in [0.25, 0.3) is 0 Å². The second-order valence-corrected chi connectivity index (χ2v) is 3.00. The van der Waals surface area contributed by atoms with Crippen molar-refractivity contribution < 1.29 is 0 Å². The molecule has 0 aromatic heterocycles. The molecule has 0 unspecified atom stereocenters. The van der Waals surface area contributed by atoms with Crippen molar-refractivity contribution in [1.29, 1.82) is 0 Å². The van der Waals surface area contributed by atoms with Crippen LogP contribution in [-0.4, -0.2) is 26.2 Å². The highest BCUT2D eigenvalue weighted by Gasteiger charge is 2.08. The maximum atomic E-state index is 3.33. The quantitative estimate of drug-likeness (QED) is 0.658. The van der Waals surface area contributed by atoms with Gasteiger partial charge in [0.05, 0.1) is 0 Å². The highest BCUT2D eigenvalue weighted by molar-refractivity contribution is 5.46. The SMILES string of the molecule is [c]1ccc(N2CCNCC2)cc1. The fraction of sp³-hybridized carbons (Fsp3) is 0.400. The van der Waals surface area contributed by atoms with Gasteiger partial charge < -0.3 is 10.2 Å². The molecule has 1 aliphatic heterocycles. The lowest BCUT2D eigenvalue weighted by atomic mass is 10.2. The minimum absolute atomic E-state index is 1.10. The van der Waals surface area contributed by atoms with Gasteiger partial charge in [0, 0.05) is 31.9 Å². The second-order valence-electron chi connectivity index (χ2n) is 3.00. The molecule has 1 N–H and O–H groups in total. The van der Waals surface area contributed by atoms with Crippen molar-refractivity contribution in [2.75, 3.05) is 31.1 Å². The van der Waals surface area contributed by atoms with Gasteiger partial charge in [0.2, 0.25) is 0 Å². The number of hydrogen-bond donors (Lipinski definition) is 1. The third-order valence-corrected chi connectivity index (χ3v) is 2.18. The smallest absolute Gasteiger partial charge is 0.0367 e. The average Bonchev–Trinajstić information content (AvgIpc) is 2.21. The molecule has 2 nitrogen and oxygen atoms in total. The highest BCUT2D eigenvalue weighted by atomic mass is 15.2. The number of anilines is 1. The molecule has 1 aromatic rings. The van der Waals surface area contributed by atoms with Crippen LogP contribution in [0.15, 0.2) is 24.3 Å². The normalized spacial score (nSPS) is 17.8. The molecule has 2 heteroatoms. The van der Waals surface area contributed by atoms with Crippen LogP contribution in [0.25, 0.3) is 0 Å². The Morgan fingerprint density at radius 3 is 2.50 bits per heavy atom. The van der Waals surface area contributed by atoms with Gasteiger partial charge in [0.1, 0.15) is 0 Å². The third kappa shape index (κ3) is 1.59. The van der Waals surface area contributed by atoms with Crippen LogP contribution < -0.4 is 10.2 Å². The summed E-state index contributed by atoms with van der Waals surface area (Å²) < 4.78 is 0. The van der Waals surface area contributed by atoms with Crippen LogP contribution in [0.4, 0.5) is 5.69 Å². The van der Waals surface area contributed by atoms with Gasteiger partial charge in [-0.2, -0.15) is 0 Å². The molecule has 1 heterocycles. The molecular formula is C10H13N2. The van der Waals surface area contributed by atoms with Crippen LogP contribution in [0.1, 0.15) is 0 Å². The molecule has 12 heavy (non-hydrogen) atoms. The largest absolute Gasteiger partial charge is 0.369 e. The lowest BCUT2D eigenvalue weighted by molar-refractivity contribution is 0.589. The van der Waals surface area contributed by atoms with E-state index in [0.717, 1.165) is 26.2 Å². The maximum absolute atomic E-state index is 3.33. The van der Waals surface area contributed by atoms with E-state index in [1.165, 1.54) is 5.69 Å². The molecule has 63 valence electrons. The van der Waals surface area contributed by atoms with E-state index in [1.807, 2.05) is 12.1 Å². The lowest BCUT2D eigenvalue weighted by Gasteiger charge is -2.29. The first kappa shape index (κ1) is 7.62. The molecule has 1 radical (unpaired) electrons. The monoisotopic (exact) mass is 161 g/mol. The highest BCUT2D eigenvalue weighted by Crippen LogP contribution is 2.12. The van der Waals surface area contributed by atoms with E-state index < -0.39 is 0 Å². The summed E-state index contributed by atoms with van der Waals surface area (Å²) in [5.74, 6) is 0. The first-order chi connectivity index (χ1) is 5.97. The fourth-order valence-electron chi connectivity index (χ4n) is 1.51. The Labute approximate surface area is 73.2 Å². The van der Waals surface area contributed by atoms with Crippen molar-refractivity contribution in [3.8, 4) is 0 Å². The zero-order valence-corrected chi connectivity index (χ0v) is 7.09. The minimum Gasteiger partial charge on any atom is -0.369 e. The summed E-state index contributed by atoms with van der Waals surface area (Å²) in [6.45, 7) is 4.42. The van der Waals surface area contributed by atoms with Crippen LogP contribution in [0.5, 0.6) is 0 Å². The Kier molecular flexibility index (Phi) is 2.28. The maximum Gasteiger partial charge on any atom is 0.0367 e. The number of hydrogen-bond acceptors (Lipinski definition) is 2. The zero-order chi connectivity index (χ0) is 8.23. The minimum atomic E-state index is 1.10. The number of nitrogens with one attached hydrogen (secondary N) is 1. The van der Waals surface area contributed by atoms with E-state index in [1.54, 1.807) is 0 Å². The molecular weight excluding hydrogens is 148 g/mol. The van der Waals surface area contributed by atoms with Crippen LogP contribution in [0.2, 0.25) is 0 Å². The molecule has 1 aliphatic rings. The molecule has 0 saturated carbocycles. The molecule has 0 amide bonds. The third-order valence-electron chi connectivity index (χ3n) is 2.18. The molecule has 0 spiro atoms. The molecule has 0 bridgehead atoms. The summed E-state index contributed by atoms with van der Waals surface area (Å²) in [6, 6.07) is 11.2. The summed E-state index contributed by atoms with van der Waals surface area (Å²) >= 11 is 0. The van der Waals surface area contributed by atoms with Gasteiger partial charge in [-0.1, -0.05) is 12.1 Å². The molecule has 0 aliphatic carbocycles. The Morgan fingerprint density at radius 1 is 1.17 bits per heavy atom. The van der Waals surface area contributed by atoms with E-state index in [-0.39, 0.29) is 0 Å². The summed E-state index contributed by atoms with van der Waals surface area (Å²) in [7, 11) is 0.